The Morgan fingerprint density at radius 2 is 1.97 bits per heavy atom. The summed E-state index contributed by atoms with van der Waals surface area (Å²) in [4.78, 5) is 21.8. The summed E-state index contributed by atoms with van der Waals surface area (Å²) in [6, 6.07) is 12.0. The van der Waals surface area contributed by atoms with Crippen LogP contribution in [-0.4, -0.2) is 76.8 Å². The molecule has 4 heterocycles. The SMILES string of the molecule is O=C([C@@H]1CCNC[C@H]1c1ccccc1)N1CCC(O)(CN2C=c3ccn(CC(F)F)c3=NC2)CC1. The molecule has 3 aliphatic rings. The third-order valence-corrected chi connectivity index (χ3v) is 7.55. The largest absolute Gasteiger partial charge is 0.388 e. The van der Waals surface area contributed by atoms with Gasteiger partial charge in [-0.05, 0) is 37.4 Å². The number of hydrogen-bond acceptors (Lipinski definition) is 5. The molecule has 0 saturated carbocycles. The average Bonchev–Trinajstić information content (AvgIpc) is 3.25. The van der Waals surface area contributed by atoms with Crippen LogP contribution in [0.3, 0.4) is 0 Å². The Kier molecular flexibility index (Phi) is 6.88. The van der Waals surface area contributed by atoms with E-state index in [9.17, 15) is 18.7 Å². The van der Waals surface area contributed by atoms with Crippen molar-refractivity contribution in [2.75, 3.05) is 39.4 Å². The van der Waals surface area contributed by atoms with Crippen molar-refractivity contribution in [2.24, 2.45) is 10.9 Å². The van der Waals surface area contributed by atoms with E-state index >= 15 is 0 Å². The summed E-state index contributed by atoms with van der Waals surface area (Å²) in [5.41, 5.74) is 0.834. The summed E-state index contributed by atoms with van der Waals surface area (Å²) in [7, 11) is 0. The van der Waals surface area contributed by atoms with Crippen LogP contribution < -0.4 is 16.0 Å². The molecule has 2 N–H and O–H groups in total. The molecule has 1 amide bonds. The zero-order chi connectivity index (χ0) is 24.4. The second-order valence-corrected chi connectivity index (χ2v) is 9.98. The average molecular weight is 486 g/mol. The highest BCUT2D eigenvalue weighted by atomic mass is 19.3. The first kappa shape index (κ1) is 23.9. The highest BCUT2D eigenvalue weighted by Gasteiger charge is 2.39. The number of aliphatic hydroxyl groups is 1. The number of alkyl halides is 2. The van der Waals surface area contributed by atoms with Gasteiger partial charge in [-0.1, -0.05) is 30.3 Å². The molecular formula is C26H33F2N5O2. The standard InChI is InChI=1S/C26H33F2N5O2/c27-23(28)16-33-11-7-20-15-31(18-30-24(20)33)17-26(35)8-12-32(13-9-26)25(34)21-6-10-29-14-22(21)19-4-2-1-3-5-19/h1-5,7,11,15,21-23,29,35H,6,8-10,12-14,16-18H2/t21-,22+/m1/s1. The van der Waals surface area contributed by atoms with Gasteiger partial charge in [0.15, 0.2) is 0 Å². The van der Waals surface area contributed by atoms with Crippen molar-refractivity contribution in [2.45, 2.75) is 43.8 Å². The second kappa shape index (κ2) is 10.1. The molecule has 35 heavy (non-hydrogen) atoms. The fourth-order valence-electron chi connectivity index (χ4n) is 5.67. The van der Waals surface area contributed by atoms with Crippen LogP contribution in [0.2, 0.25) is 0 Å². The van der Waals surface area contributed by atoms with E-state index in [1.807, 2.05) is 34.2 Å². The van der Waals surface area contributed by atoms with Gasteiger partial charge in [-0.2, -0.15) is 0 Å². The number of fused-ring (bicyclic) bond motifs is 1. The quantitative estimate of drug-likeness (QED) is 0.644. The zero-order valence-electron chi connectivity index (χ0n) is 19.8. The molecule has 0 bridgehead atoms. The minimum absolute atomic E-state index is 0.0465. The van der Waals surface area contributed by atoms with Gasteiger partial charge in [0, 0.05) is 55.6 Å². The number of β-amino-alcohol motifs (C(OH)–C–C–N with tert-alkyl or cyclic N) is 1. The van der Waals surface area contributed by atoms with Gasteiger partial charge in [-0.15, -0.1) is 0 Å². The van der Waals surface area contributed by atoms with Gasteiger partial charge in [-0.25, -0.2) is 13.8 Å². The molecule has 9 heteroatoms. The van der Waals surface area contributed by atoms with Gasteiger partial charge in [0.2, 0.25) is 5.91 Å². The lowest BCUT2D eigenvalue weighted by Crippen LogP contribution is -2.54. The van der Waals surface area contributed by atoms with E-state index in [2.05, 4.69) is 22.4 Å². The fourth-order valence-corrected chi connectivity index (χ4v) is 5.67. The van der Waals surface area contributed by atoms with Gasteiger partial charge >= 0.3 is 0 Å². The number of aromatic nitrogens is 1. The molecular weight excluding hydrogens is 452 g/mol. The maximum atomic E-state index is 13.5. The molecule has 0 spiro atoms. The number of hydrogen-bond donors (Lipinski definition) is 2. The van der Waals surface area contributed by atoms with Gasteiger partial charge in [0.25, 0.3) is 6.43 Å². The summed E-state index contributed by atoms with van der Waals surface area (Å²) in [6.45, 7) is 3.05. The van der Waals surface area contributed by atoms with Crippen LogP contribution >= 0.6 is 0 Å². The van der Waals surface area contributed by atoms with Crippen molar-refractivity contribution < 1.29 is 18.7 Å². The Morgan fingerprint density at radius 1 is 1.20 bits per heavy atom. The number of nitrogens with one attached hydrogen (secondary N) is 1. The molecule has 2 atom stereocenters. The monoisotopic (exact) mass is 485 g/mol. The lowest BCUT2D eigenvalue weighted by atomic mass is 9.80. The minimum Gasteiger partial charge on any atom is -0.388 e. The highest BCUT2D eigenvalue weighted by Crippen LogP contribution is 2.33. The molecule has 188 valence electrons. The zero-order valence-corrected chi connectivity index (χ0v) is 19.8. The Labute approximate surface area is 203 Å². The molecule has 5 rings (SSSR count). The molecule has 2 fully saturated rings. The van der Waals surface area contributed by atoms with Crippen LogP contribution in [0.4, 0.5) is 8.78 Å². The van der Waals surface area contributed by atoms with Crippen molar-refractivity contribution in [3.63, 3.8) is 0 Å². The molecule has 1 aromatic carbocycles. The highest BCUT2D eigenvalue weighted by molar-refractivity contribution is 5.80. The Bertz CT molecular complexity index is 1140. The molecule has 1 aromatic heterocycles. The van der Waals surface area contributed by atoms with E-state index in [4.69, 9.17) is 0 Å². The number of amides is 1. The predicted molar refractivity (Wildman–Crippen MR) is 128 cm³/mol. The van der Waals surface area contributed by atoms with Crippen LogP contribution in [0.25, 0.3) is 6.20 Å². The van der Waals surface area contributed by atoms with E-state index in [0.29, 0.717) is 44.6 Å². The number of benzene rings is 1. The second-order valence-electron chi connectivity index (χ2n) is 9.98. The first-order chi connectivity index (χ1) is 16.9. The first-order valence-corrected chi connectivity index (χ1v) is 12.4. The van der Waals surface area contributed by atoms with E-state index in [1.54, 1.807) is 12.3 Å². The normalized spacial score (nSPS) is 24.0. The van der Waals surface area contributed by atoms with Gasteiger partial charge in [-0.3, -0.25) is 4.79 Å². The maximum Gasteiger partial charge on any atom is 0.256 e. The van der Waals surface area contributed by atoms with E-state index in [0.717, 1.165) is 24.7 Å². The number of likely N-dealkylation sites (tertiary alicyclic amines) is 1. The predicted octanol–water partition coefficient (Wildman–Crippen LogP) is 1.13. The smallest absolute Gasteiger partial charge is 0.256 e. The first-order valence-electron chi connectivity index (χ1n) is 12.4. The molecule has 2 aromatic rings. The third kappa shape index (κ3) is 5.26. The molecule has 2 saturated heterocycles. The Hall–Kier alpha value is -2.78. The van der Waals surface area contributed by atoms with Crippen LogP contribution in [0, 0.1) is 5.92 Å². The molecule has 0 aliphatic carbocycles. The minimum atomic E-state index is -2.43. The lowest BCUT2D eigenvalue weighted by Gasteiger charge is -2.43. The van der Waals surface area contributed by atoms with Crippen LogP contribution in [0.5, 0.6) is 0 Å². The van der Waals surface area contributed by atoms with Crippen LogP contribution in [0.15, 0.2) is 47.6 Å². The number of carbonyl (C=O) groups excluding carboxylic acids is 1. The van der Waals surface area contributed by atoms with Crippen LogP contribution in [0.1, 0.15) is 30.7 Å². The molecule has 0 radical (unpaired) electrons. The van der Waals surface area contributed by atoms with Crippen molar-refractivity contribution in [3.8, 4) is 0 Å². The third-order valence-electron chi connectivity index (χ3n) is 7.55. The number of rotatable bonds is 6. The summed E-state index contributed by atoms with van der Waals surface area (Å²) < 4.78 is 27.0. The fraction of sp³-hybridized carbons (Fsp3) is 0.538. The van der Waals surface area contributed by atoms with Gasteiger partial charge < -0.3 is 24.8 Å². The van der Waals surface area contributed by atoms with Crippen LogP contribution in [-0.2, 0) is 11.3 Å². The lowest BCUT2D eigenvalue weighted by molar-refractivity contribution is -0.141. The number of halogens is 2. The Morgan fingerprint density at radius 3 is 2.71 bits per heavy atom. The maximum absolute atomic E-state index is 13.5. The summed E-state index contributed by atoms with van der Waals surface area (Å²) in [5.74, 6) is 0.302. The summed E-state index contributed by atoms with van der Waals surface area (Å²) in [5, 5.41) is 15.5. The van der Waals surface area contributed by atoms with Gasteiger partial charge in [0.1, 0.15) is 12.2 Å². The number of piperidine rings is 2. The van der Waals surface area contributed by atoms with Crippen molar-refractivity contribution in [1.29, 1.82) is 0 Å². The topological polar surface area (TPSA) is 73.1 Å². The van der Waals surface area contributed by atoms with Crippen molar-refractivity contribution in [3.05, 3.63) is 58.9 Å². The number of nitrogens with zero attached hydrogens (tertiary/aromatic N) is 4. The molecule has 0 unspecified atom stereocenters. The van der Waals surface area contributed by atoms with E-state index in [-0.39, 0.29) is 24.3 Å². The molecule has 7 nitrogen and oxygen atoms in total. The molecule has 3 aliphatic heterocycles. The van der Waals surface area contributed by atoms with Crippen molar-refractivity contribution >= 4 is 12.1 Å². The number of carbonyl (C=O) groups is 1. The Balaban J connectivity index is 1.20. The summed E-state index contributed by atoms with van der Waals surface area (Å²) in [6.07, 6.45) is 2.91. The van der Waals surface area contributed by atoms with Crippen molar-refractivity contribution in [1.82, 2.24) is 19.7 Å². The van der Waals surface area contributed by atoms with E-state index < -0.39 is 12.0 Å². The van der Waals surface area contributed by atoms with E-state index in [1.165, 1.54) is 10.1 Å². The van der Waals surface area contributed by atoms with Gasteiger partial charge in [0.05, 0.1) is 12.1 Å². The summed E-state index contributed by atoms with van der Waals surface area (Å²) >= 11 is 0.